The van der Waals surface area contributed by atoms with Crippen molar-refractivity contribution in [2.45, 2.75) is 0 Å². The second-order valence-electron chi connectivity index (χ2n) is 1.24. The van der Waals surface area contributed by atoms with Gasteiger partial charge in [0.2, 0.25) is 0 Å². The van der Waals surface area contributed by atoms with Crippen molar-refractivity contribution < 1.29 is 74.9 Å². The number of rotatable bonds is 0. The maximum absolute atomic E-state index is 8.74. The Kier molecular flexibility index (Phi) is 9.37. The zero-order chi connectivity index (χ0) is 13.5. The molecule has 15 heavy (non-hydrogen) atoms. The molecule has 0 aromatic heterocycles. The van der Waals surface area contributed by atoms with Crippen LogP contribution in [0.2, 0.25) is 0 Å². The molecule has 0 amide bonds. The van der Waals surface area contributed by atoms with Crippen molar-refractivity contribution in [3.63, 3.8) is 0 Å². The normalized spacial score (nSPS) is 11.5. The molecule has 0 bridgehead atoms. The van der Waals surface area contributed by atoms with Gasteiger partial charge in [-0.15, -0.1) is 0 Å². The van der Waals surface area contributed by atoms with Crippen LogP contribution in [0.25, 0.3) is 0 Å². The van der Waals surface area contributed by atoms with Crippen LogP contribution >= 0.6 is 0 Å². The molecular weight excluding hydrogens is 334 g/mol. The predicted molar refractivity (Wildman–Crippen MR) is 22.7 cm³/mol. The van der Waals surface area contributed by atoms with E-state index in [-0.39, 0.29) is 0 Å². The van der Waals surface area contributed by atoms with E-state index in [9.17, 15) is 0 Å². The van der Waals surface area contributed by atoms with Crippen LogP contribution in [0.4, 0.5) is 0 Å². The predicted octanol–water partition coefficient (Wildman–Crippen LogP) is -2.48. The standard InChI is InChI=1S/2Mn.H2O4S.2H2O.6O/c;;1-5(2,3)4;;;;;;;;/h;;(H2,1,2,3,4);2*1H2;;;;;;/q2*+1;;;;;;;;;/p-2. The van der Waals surface area contributed by atoms with E-state index in [0.29, 0.717) is 0 Å². The summed E-state index contributed by atoms with van der Waals surface area (Å²) in [4.78, 5) is 0. The molecule has 0 atom stereocenters. The molecule has 0 saturated heterocycles. The number of hydrogen-bond acceptors (Lipinski definition) is 8. The first-order valence-electron chi connectivity index (χ1n) is 1.96. The van der Waals surface area contributed by atoms with Gasteiger partial charge in [0.15, 0.2) is 0 Å². The molecule has 0 heterocycles. The van der Waals surface area contributed by atoms with E-state index >= 15 is 0 Å². The Labute approximate surface area is 85.4 Å². The van der Waals surface area contributed by atoms with Gasteiger partial charge in [0, 0.05) is 0 Å². The maximum atomic E-state index is 8.74. The van der Waals surface area contributed by atoms with Crippen molar-refractivity contribution in [2.24, 2.45) is 0 Å². The molecule has 0 fully saturated rings. The Morgan fingerprint density at radius 1 is 0.667 bits per heavy atom. The Balaban J connectivity index is -0.000000144. The van der Waals surface area contributed by atoms with Crippen LogP contribution in [0.15, 0.2) is 0 Å². The second kappa shape index (κ2) is 6.99. The molecule has 12 nitrogen and oxygen atoms in total. The molecular formula is H4Mn2O12S. The van der Waals surface area contributed by atoms with Gasteiger partial charge in [-0.2, -0.15) is 8.42 Å². The molecule has 0 rings (SSSR count). The topological polar surface area (TPSA) is 217 Å². The molecule has 0 aromatic rings. The van der Waals surface area contributed by atoms with Crippen LogP contribution in [-0.4, -0.2) is 25.9 Å². The van der Waals surface area contributed by atoms with Crippen molar-refractivity contribution in [1.29, 1.82) is 0 Å². The average Bonchev–Trinajstić information content (AvgIpc) is 1.41. The summed E-state index contributed by atoms with van der Waals surface area (Å²) >= 11 is -10.8. The quantitative estimate of drug-likeness (QED) is 0.266. The SMILES string of the molecule is O=S(=O)(O)O.[O]=[Mn](=[O])(=[O])[OH].[O]=[Mn](=[O])(=[O])[OH]. The van der Waals surface area contributed by atoms with Crippen LogP contribution in [-0.2, 0) is 59.3 Å². The summed E-state index contributed by atoms with van der Waals surface area (Å²) in [5, 5.41) is 0. The first-order chi connectivity index (χ1) is 6.00. The first-order valence-corrected chi connectivity index (χ1v) is 7.31. The fourth-order valence-electron chi connectivity index (χ4n) is 0. The molecule has 4 N–H and O–H groups in total. The fraction of sp³-hybridized carbons (Fsp3) is 0. The summed E-state index contributed by atoms with van der Waals surface area (Å²) in [5.74, 6) is 0. The molecule has 0 aromatic carbocycles. The number of hydrogen-bond donors (Lipinski definition) is 4. The Hall–Kier alpha value is -0.371. The summed E-state index contributed by atoms with van der Waals surface area (Å²) in [6, 6.07) is 0. The van der Waals surface area contributed by atoms with Gasteiger partial charge in [-0.1, -0.05) is 0 Å². The third-order valence-corrected chi connectivity index (χ3v) is 0. The Bertz CT molecular complexity index is 476. The Morgan fingerprint density at radius 2 is 0.667 bits per heavy atom. The van der Waals surface area contributed by atoms with E-state index in [1.54, 1.807) is 0 Å². The summed E-state index contributed by atoms with van der Waals surface area (Å²) in [7, 11) is -4.67. The summed E-state index contributed by atoms with van der Waals surface area (Å²) in [6.07, 6.45) is 0. The molecule has 15 heteroatoms. The molecule has 0 spiro atoms. The minimum atomic E-state index is -5.38. The molecule has 0 aliphatic rings. The van der Waals surface area contributed by atoms with Gasteiger partial charge in [-0.05, 0) is 0 Å². The van der Waals surface area contributed by atoms with Gasteiger partial charge < -0.3 is 0 Å². The molecule has 0 radical (unpaired) electrons. The molecule has 96 valence electrons. The minimum absolute atomic E-state index is 4.67. The zero-order valence-corrected chi connectivity index (χ0v) is 9.40. The molecule has 0 aliphatic carbocycles. The van der Waals surface area contributed by atoms with Gasteiger partial charge in [0.1, 0.15) is 0 Å². The van der Waals surface area contributed by atoms with Crippen LogP contribution < -0.4 is 0 Å². The summed E-state index contributed by atoms with van der Waals surface area (Å²) < 4.78 is 97.7. The van der Waals surface area contributed by atoms with Crippen LogP contribution in [0.3, 0.4) is 0 Å². The third kappa shape index (κ3) is 13400. The molecule has 0 unspecified atom stereocenters. The van der Waals surface area contributed by atoms with Gasteiger partial charge in [0.05, 0.1) is 0 Å². The van der Waals surface area contributed by atoms with Crippen molar-refractivity contribution in [1.82, 2.24) is 0 Å². The van der Waals surface area contributed by atoms with Gasteiger partial charge >= 0.3 is 67.7 Å². The van der Waals surface area contributed by atoms with Gasteiger partial charge in [-0.3, -0.25) is 9.11 Å². The van der Waals surface area contributed by atoms with E-state index in [4.69, 9.17) is 48.9 Å². The van der Waals surface area contributed by atoms with Crippen molar-refractivity contribution >= 4 is 10.4 Å². The second-order valence-corrected chi connectivity index (χ2v) is 4.61. The molecule has 0 aliphatic heterocycles. The third-order valence-electron chi connectivity index (χ3n) is 0. The van der Waals surface area contributed by atoms with E-state index < -0.39 is 36.3 Å². The van der Waals surface area contributed by atoms with Crippen molar-refractivity contribution in [3.8, 4) is 0 Å². The van der Waals surface area contributed by atoms with Gasteiger partial charge in [0.25, 0.3) is 0 Å². The summed E-state index contributed by atoms with van der Waals surface area (Å²) in [6.45, 7) is 0. The monoisotopic (exact) mass is 338 g/mol. The fourth-order valence-corrected chi connectivity index (χ4v) is 0. The van der Waals surface area contributed by atoms with Gasteiger partial charge in [-0.25, -0.2) is 0 Å². The van der Waals surface area contributed by atoms with Crippen molar-refractivity contribution in [3.05, 3.63) is 0 Å². The van der Waals surface area contributed by atoms with E-state index in [2.05, 4.69) is 0 Å². The summed E-state index contributed by atoms with van der Waals surface area (Å²) in [5.41, 5.74) is 0. The average molecular weight is 338 g/mol. The van der Waals surface area contributed by atoms with E-state index in [0.717, 1.165) is 0 Å². The van der Waals surface area contributed by atoms with E-state index in [1.807, 2.05) is 0 Å². The van der Waals surface area contributed by atoms with Crippen LogP contribution in [0, 0.1) is 0 Å². The Morgan fingerprint density at radius 3 is 0.667 bits per heavy atom. The molecule has 0 saturated carbocycles. The van der Waals surface area contributed by atoms with Crippen LogP contribution in [0.1, 0.15) is 0 Å². The first kappa shape index (κ1) is 20.1. The van der Waals surface area contributed by atoms with Crippen LogP contribution in [0.5, 0.6) is 0 Å². The van der Waals surface area contributed by atoms with E-state index in [1.165, 1.54) is 0 Å². The van der Waals surface area contributed by atoms with Crippen molar-refractivity contribution in [2.75, 3.05) is 0 Å². The zero-order valence-electron chi connectivity index (χ0n) is 6.22.